The second-order valence-corrected chi connectivity index (χ2v) is 5.41. The van der Waals surface area contributed by atoms with Gasteiger partial charge in [0.05, 0.1) is 0 Å². The molecule has 100 valence electrons. The smallest absolute Gasteiger partial charge is 0.0294 e. The van der Waals surface area contributed by atoms with Gasteiger partial charge in [0.2, 0.25) is 0 Å². The van der Waals surface area contributed by atoms with Gasteiger partial charge in [0.1, 0.15) is 0 Å². The molecule has 2 aromatic carbocycles. The summed E-state index contributed by atoms with van der Waals surface area (Å²) in [6, 6.07) is 19.9. The van der Waals surface area contributed by atoms with Crippen LogP contribution in [0.2, 0.25) is 0 Å². The summed E-state index contributed by atoms with van der Waals surface area (Å²) in [7, 11) is 0. The van der Waals surface area contributed by atoms with Crippen LogP contribution in [-0.2, 0) is 6.54 Å². The summed E-state index contributed by atoms with van der Waals surface area (Å²) in [5, 5.41) is 3.56. The fraction of sp³-hybridized carbons (Fsp3) is 0.333. The minimum atomic E-state index is 0.381. The van der Waals surface area contributed by atoms with Crippen molar-refractivity contribution in [2.24, 2.45) is 0 Å². The first-order valence-electron chi connectivity index (χ1n) is 7.04. The van der Waals surface area contributed by atoms with Crippen LogP contribution in [0.4, 0.5) is 0 Å². The largest absolute Gasteiger partial charge is 0.306 e. The van der Waals surface area contributed by atoms with Gasteiger partial charge in [0.25, 0.3) is 0 Å². The van der Waals surface area contributed by atoms with Gasteiger partial charge in [-0.1, -0.05) is 68.4 Å². The molecule has 0 radical (unpaired) electrons. The van der Waals surface area contributed by atoms with E-state index in [2.05, 4.69) is 80.7 Å². The summed E-state index contributed by atoms with van der Waals surface area (Å²) >= 11 is 0. The summed E-state index contributed by atoms with van der Waals surface area (Å²) in [6.07, 6.45) is 0. The average Bonchev–Trinajstić information content (AvgIpc) is 2.46. The zero-order valence-corrected chi connectivity index (χ0v) is 12.1. The van der Waals surface area contributed by atoms with E-state index in [0.717, 1.165) is 6.54 Å². The lowest BCUT2D eigenvalue weighted by molar-refractivity contribution is 0.574. The van der Waals surface area contributed by atoms with Crippen LogP contribution in [0, 0.1) is 0 Å². The molecule has 0 saturated heterocycles. The molecule has 1 nitrogen and oxygen atoms in total. The molecule has 0 fully saturated rings. The van der Waals surface area contributed by atoms with Crippen molar-refractivity contribution in [3.8, 4) is 0 Å². The van der Waals surface area contributed by atoms with E-state index >= 15 is 0 Å². The van der Waals surface area contributed by atoms with Crippen LogP contribution in [-0.4, -0.2) is 0 Å². The highest BCUT2D eigenvalue weighted by molar-refractivity contribution is 5.25. The van der Waals surface area contributed by atoms with Crippen molar-refractivity contribution in [3.05, 3.63) is 71.3 Å². The number of rotatable bonds is 5. The number of hydrogen-bond acceptors (Lipinski definition) is 1. The molecule has 0 aliphatic rings. The van der Waals surface area contributed by atoms with Gasteiger partial charge in [-0.15, -0.1) is 0 Å². The predicted molar refractivity (Wildman–Crippen MR) is 82.2 cm³/mol. The Morgan fingerprint density at radius 2 is 1.42 bits per heavy atom. The fourth-order valence-corrected chi connectivity index (χ4v) is 2.15. The van der Waals surface area contributed by atoms with E-state index in [1.165, 1.54) is 16.7 Å². The van der Waals surface area contributed by atoms with Gasteiger partial charge in [-0.2, -0.15) is 0 Å². The molecule has 0 heterocycles. The summed E-state index contributed by atoms with van der Waals surface area (Å²) in [5.74, 6) is 0.602. The molecule has 0 aliphatic heterocycles. The Kier molecular flexibility index (Phi) is 4.75. The van der Waals surface area contributed by atoms with Gasteiger partial charge in [0, 0.05) is 12.6 Å². The van der Waals surface area contributed by atoms with E-state index in [0.29, 0.717) is 12.0 Å². The maximum absolute atomic E-state index is 3.56. The Balaban J connectivity index is 1.92. The fourth-order valence-electron chi connectivity index (χ4n) is 2.15. The van der Waals surface area contributed by atoms with Crippen LogP contribution < -0.4 is 5.32 Å². The maximum atomic E-state index is 3.56. The van der Waals surface area contributed by atoms with Crippen LogP contribution in [0.15, 0.2) is 54.6 Å². The summed E-state index contributed by atoms with van der Waals surface area (Å²) in [6.45, 7) is 7.57. The first-order chi connectivity index (χ1) is 9.16. The van der Waals surface area contributed by atoms with Gasteiger partial charge >= 0.3 is 0 Å². The minimum absolute atomic E-state index is 0.381. The third kappa shape index (κ3) is 3.93. The number of benzene rings is 2. The van der Waals surface area contributed by atoms with Crippen molar-refractivity contribution in [2.45, 2.75) is 39.3 Å². The Morgan fingerprint density at radius 1 is 0.789 bits per heavy atom. The topological polar surface area (TPSA) is 12.0 Å². The lowest BCUT2D eigenvalue weighted by Gasteiger charge is -2.14. The molecule has 0 aromatic heterocycles. The highest BCUT2D eigenvalue weighted by Crippen LogP contribution is 2.16. The highest BCUT2D eigenvalue weighted by atomic mass is 14.9. The standard InChI is InChI=1S/C18H23N/c1-14(2)17-11-9-16(10-12-17)13-19-15(3)18-7-5-4-6-8-18/h4-12,14-15,19H,13H2,1-3H3. The van der Waals surface area contributed by atoms with E-state index in [1.807, 2.05) is 0 Å². The minimum Gasteiger partial charge on any atom is -0.306 e. The number of nitrogens with one attached hydrogen (secondary N) is 1. The van der Waals surface area contributed by atoms with Gasteiger partial charge < -0.3 is 5.32 Å². The molecule has 2 aromatic rings. The molecule has 0 amide bonds. The average molecular weight is 253 g/mol. The van der Waals surface area contributed by atoms with E-state index in [9.17, 15) is 0 Å². The van der Waals surface area contributed by atoms with E-state index in [-0.39, 0.29) is 0 Å². The molecule has 19 heavy (non-hydrogen) atoms. The van der Waals surface area contributed by atoms with E-state index in [4.69, 9.17) is 0 Å². The molecular formula is C18H23N. The molecule has 0 saturated carbocycles. The van der Waals surface area contributed by atoms with Crippen LogP contribution in [0.1, 0.15) is 49.4 Å². The SMILES string of the molecule is CC(C)c1ccc(CNC(C)c2ccccc2)cc1. The van der Waals surface area contributed by atoms with Crippen LogP contribution >= 0.6 is 0 Å². The van der Waals surface area contributed by atoms with Crippen molar-refractivity contribution in [2.75, 3.05) is 0 Å². The Morgan fingerprint density at radius 3 is 2.00 bits per heavy atom. The van der Waals surface area contributed by atoms with Crippen molar-refractivity contribution in [1.29, 1.82) is 0 Å². The van der Waals surface area contributed by atoms with Crippen LogP contribution in [0.25, 0.3) is 0 Å². The Labute approximate surface area is 116 Å². The molecule has 1 heteroatoms. The van der Waals surface area contributed by atoms with E-state index in [1.54, 1.807) is 0 Å². The third-order valence-electron chi connectivity index (χ3n) is 3.56. The molecule has 1 unspecified atom stereocenters. The van der Waals surface area contributed by atoms with Crippen LogP contribution in [0.5, 0.6) is 0 Å². The summed E-state index contributed by atoms with van der Waals surface area (Å²) < 4.78 is 0. The van der Waals surface area contributed by atoms with Gasteiger partial charge in [-0.05, 0) is 29.5 Å². The molecule has 1 atom stereocenters. The quantitative estimate of drug-likeness (QED) is 0.817. The monoisotopic (exact) mass is 253 g/mol. The molecule has 0 aliphatic carbocycles. The van der Waals surface area contributed by atoms with Crippen molar-refractivity contribution >= 4 is 0 Å². The van der Waals surface area contributed by atoms with Crippen molar-refractivity contribution in [1.82, 2.24) is 5.32 Å². The molecule has 0 spiro atoms. The second-order valence-electron chi connectivity index (χ2n) is 5.41. The predicted octanol–water partition coefficient (Wildman–Crippen LogP) is 4.66. The molecule has 2 rings (SSSR count). The van der Waals surface area contributed by atoms with Crippen LogP contribution in [0.3, 0.4) is 0 Å². The Bertz CT molecular complexity index is 485. The maximum Gasteiger partial charge on any atom is 0.0294 e. The normalized spacial score (nSPS) is 12.6. The first-order valence-corrected chi connectivity index (χ1v) is 7.04. The summed E-state index contributed by atoms with van der Waals surface area (Å²) in [4.78, 5) is 0. The molecule has 1 N–H and O–H groups in total. The zero-order valence-electron chi connectivity index (χ0n) is 12.1. The summed E-state index contributed by atoms with van der Waals surface area (Å²) in [5.41, 5.74) is 4.08. The third-order valence-corrected chi connectivity index (χ3v) is 3.56. The van der Waals surface area contributed by atoms with Gasteiger partial charge in [-0.3, -0.25) is 0 Å². The van der Waals surface area contributed by atoms with Crippen molar-refractivity contribution in [3.63, 3.8) is 0 Å². The van der Waals surface area contributed by atoms with E-state index < -0.39 is 0 Å². The Hall–Kier alpha value is -1.60. The highest BCUT2D eigenvalue weighted by Gasteiger charge is 2.04. The molecular weight excluding hydrogens is 230 g/mol. The van der Waals surface area contributed by atoms with Gasteiger partial charge in [-0.25, -0.2) is 0 Å². The lowest BCUT2D eigenvalue weighted by atomic mass is 10.0. The second kappa shape index (κ2) is 6.53. The van der Waals surface area contributed by atoms with Gasteiger partial charge in [0.15, 0.2) is 0 Å². The molecule has 0 bridgehead atoms. The lowest BCUT2D eigenvalue weighted by Crippen LogP contribution is -2.17. The van der Waals surface area contributed by atoms with Crippen molar-refractivity contribution < 1.29 is 0 Å². The number of hydrogen-bond donors (Lipinski definition) is 1. The zero-order chi connectivity index (χ0) is 13.7. The first kappa shape index (κ1) is 13.8.